The van der Waals surface area contributed by atoms with Gasteiger partial charge in [0, 0.05) is 10.4 Å². The van der Waals surface area contributed by atoms with E-state index in [1.807, 2.05) is 20.8 Å². The molecule has 1 saturated carbocycles. The molecule has 1 atom stereocenters. The SMILES string of the molecule is CC(C)CC(NC(=O)C1(C)CC1)C(=O)NNc1ccc(Cl)cc1Cl. The quantitative estimate of drug-likeness (QED) is 0.638. The van der Waals surface area contributed by atoms with Crippen molar-refractivity contribution in [2.24, 2.45) is 11.3 Å². The van der Waals surface area contributed by atoms with Crippen LogP contribution in [0.4, 0.5) is 5.69 Å². The number of benzene rings is 1. The lowest BCUT2D eigenvalue weighted by molar-refractivity contribution is -0.131. The Labute approximate surface area is 152 Å². The van der Waals surface area contributed by atoms with E-state index in [-0.39, 0.29) is 23.1 Å². The van der Waals surface area contributed by atoms with E-state index in [1.54, 1.807) is 18.2 Å². The number of nitrogens with one attached hydrogen (secondary N) is 3. The third-order valence-electron chi connectivity index (χ3n) is 4.13. The number of rotatable bonds is 7. The minimum atomic E-state index is -0.589. The zero-order chi connectivity index (χ0) is 17.9. The predicted molar refractivity (Wildman–Crippen MR) is 97.0 cm³/mol. The minimum absolute atomic E-state index is 0.0622. The number of hydrogen-bond donors (Lipinski definition) is 3. The summed E-state index contributed by atoms with van der Waals surface area (Å²) in [5.74, 6) is -0.0904. The number of amides is 2. The van der Waals surface area contributed by atoms with Crippen LogP contribution in [0.2, 0.25) is 10.0 Å². The highest BCUT2D eigenvalue weighted by Crippen LogP contribution is 2.45. The molecular weight excluding hydrogens is 349 g/mol. The van der Waals surface area contributed by atoms with E-state index in [1.165, 1.54) is 0 Å². The first-order chi connectivity index (χ1) is 11.2. The Morgan fingerprint density at radius 3 is 2.46 bits per heavy atom. The van der Waals surface area contributed by atoms with E-state index >= 15 is 0 Å². The summed E-state index contributed by atoms with van der Waals surface area (Å²) in [6, 6.07) is 4.34. The molecule has 1 fully saturated rings. The molecule has 0 saturated heterocycles. The maximum absolute atomic E-state index is 12.5. The molecule has 2 rings (SSSR count). The first kappa shape index (κ1) is 18.9. The average molecular weight is 372 g/mol. The molecule has 24 heavy (non-hydrogen) atoms. The molecule has 0 heterocycles. The molecule has 0 radical (unpaired) electrons. The van der Waals surface area contributed by atoms with Crippen LogP contribution in [0, 0.1) is 11.3 Å². The van der Waals surface area contributed by atoms with E-state index in [4.69, 9.17) is 23.2 Å². The van der Waals surface area contributed by atoms with Crippen LogP contribution in [-0.4, -0.2) is 17.9 Å². The fraction of sp³-hybridized carbons (Fsp3) is 0.529. The van der Waals surface area contributed by atoms with Crippen LogP contribution in [0.1, 0.15) is 40.0 Å². The molecule has 2 amide bonds. The standard InChI is InChI=1S/C17H23Cl2N3O2/c1-10(2)8-14(20-16(24)17(3)6-7-17)15(23)22-21-13-5-4-11(18)9-12(13)19/h4-5,9-10,14,21H,6-8H2,1-3H3,(H,20,24)(H,22,23). The molecule has 0 aliphatic heterocycles. The summed E-state index contributed by atoms with van der Waals surface area (Å²) in [7, 11) is 0. The number of hydrogen-bond acceptors (Lipinski definition) is 3. The molecular formula is C17H23Cl2N3O2. The van der Waals surface area contributed by atoms with Crippen molar-refractivity contribution in [2.75, 3.05) is 5.43 Å². The number of anilines is 1. The Balaban J connectivity index is 1.97. The van der Waals surface area contributed by atoms with Gasteiger partial charge in [-0.15, -0.1) is 0 Å². The summed E-state index contributed by atoms with van der Waals surface area (Å²) < 4.78 is 0. The number of carbonyl (C=O) groups excluding carboxylic acids is 2. The maximum atomic E-state index is 12.5. The van der Waals surface area contributed by atoms with Crippen molar-refractivity contribution in [1.29, 1.82) is 0 Å². The topological polar surface area (TPSA) is 70.2 Å². The second kappa shape index (κ2) is 7.62. The van der Waals surface area contributed by atoms with Crippen LogP contribution in [0.25, 0.3) is 0 Å². The summed E-state index contributed by atoms with van der Waals surface area (Å²) in [4.78, 5) is 24.7. The summed E-state index contributed by atoms with van der Waals surface area (Å²) >= 11 is 11.9. The second-order valence-corrected chi connectivity index (χ2v) is 7.80. The molecule has 0 bridgehead atoms. The summed E-state index contributed by atoms with van der Waals surface area (Å²) in [5, 5.41) is 3.78. The molecule has 5 nitrogen and oxygen atoms in total. The van der Waals surface area contributed by atoms with Gasteiger partial charge in [-0.3, -0.25) is 20.4 Å². The van der Waals surface area contributed by atoms with Crippen molar-refractivity contribution in [3.05, 3.63) is 28.2 Å². The van der Waals surface area contributed by atoms with E-state index < -0.39 is 6.04 Å². The molecule has 7 heteroatoms. The number of halogens is 2. The normalized spacial score (nSPS) is 16.4. The first-order valence-electron chi connectivity index (χ1n) is 8.03. The van der Waals surface area contributed by atoms with Gasteiger partial charge in [0.2, 0.25) is 5.91 Å². The van der Waals surface area contributed by atoms with E-state index in [0.717, 1.165) is 12.8 Å². The lowest BCUT2D eigenvalue weighted by atomic mass is 10.0. The largest absolute Gasteiger partial charge is 0.344 e. The summed E-state index contributed by atoms with van der Waals surface area (Å²) in [6.07, 6.45) is 2.30. The van der Waals surface area contributed by atoms with Crippen LogP contribution in [0.5, 0.6) is 0 Å². The van der Waals surface area contributed by atoms with Crippen LogP contribution >= 0.6 is 23.2 Å². The van der Waals surface area contributed by atoms with E-state index in [0.29, 0.717) is 22.2 Å². The van der Waals surface area contributed by atoms with Gasteiger partial charge in [-0.25, -0.2) is 0 Å². The number of hydrazine groups is 1. The van der Waals surface area contributed by atoms with Crippen molar-refractivity contribution >= 4 is 40.7 Å². The van der Waals surface area contributed by atoms with Crippen molar-refractivity contribution in [3.63, 3.8) is 0 Å². The first-order valence-corrected chi connectivity index (χ1v) is 8.79. The van der Waals surface area contributed by atoms with Gasteiger partial charge in [-0.05, 0) is 43.4 Å². The van der Waals surface area contributed by atoms with Crippen LogP contribution in [0.3, 0.4) is 0 Å². The van der Waals surface area contributed by atoms with Crippen molar-refractivity contribution < 1.29 is 9.59 Å². The molecule has 1 aliphatic carbocycles. The lowest BCUT2D eigenvalue weighted by Crippen LogP contribution is -2.50. The highest BCUT2D eigenvalue weighted by molar-refractivity contribution is 6.36. The van der Waals surface area contributed by atoms with Crippen LogP contribution in [0.15, 0.2) is 18.2 Å². The Morgan fingerprint density at radius 1 is 1.25 bits per heavy atom. The summed E-state index contributed by atoms with van der Waals surface area (Å²) in [5.41, 5.74) is 5.61. The highest BCUT2D eigenvalue weighted by Gasteiger charge is 2.45. The van der Waals surface area contributed by atoms with Crippen molar-refractivity contribution in [3.8, 4) is 0 Å². The molecule has 3 N–H and O–H groups in total. The smallest absolute Gasteiger partial charge is 0.260 e. The fourth-order valence-corrected chi connectivity index (χ4v) is 2.71. The second-order valence-electron chi connectivity index (χ2n) is 6.95. The van der Waals surface area contributed by atoms with Gasteiger partial charge in [0.25, 0.3) is 5.91 Å². The van der Waals surface area contributed by atoms with Crippen LogP contribution in [-0.2, 0) is 9.59 Å². The molecule has 0 aromatic heterocycles. The zero-order valence-corrected chi connectivity index (χ0v) is 15.6. The lowest BCUT2D eigenvalue weighted by Gasteiger charge is -2.22. The zero-order valence-electron chi connectivity index (χ0n) is 14.1. The Bertz CT molecular complexity index is 630. The van der Waals surface area contributed by atoms with Gasteiger partial charge < -0.3 is 5.32 Å². The molecule has 1 aromatic rings. The average Bonchev–Trinajstić information content (AvgIpc) is 3.24. The predicted octanol–water partition coefficient (Wildman–Crippen LogP) is 3.77. The monoisotopic (exact) mass is 371 g/mol. The van der Waals surface area contributed by atoms with Crippen molar-refractivity contribution in [1.82, 2.24) is 10.7 Å². The number of carbonyl (C=O) groups is 2. The minimum Gasteiger partial charge on any atom is -0.344 e. The van der Waals surface area contributed by atoms with Gasteiger partial charge in [-0.1, -0.05) is 44.0 Å². The van der Waals surface area contributed by atoms with Gasteiger partial charge in [0.1, 0.15) is 6.04 Å². The Hall–Kier alpha value is -1.46. The van der Waals surface area contributed by atoms with E-state index in [9.17, 15) is 9.59 Å². The molecule has 132 valence electrons. The Kier molecular flexibility index (Phi) is 5.99. The third kappa shape index (κ3) is 5.02. The van der Waals surface area contributed by atoms with Gasteiger partial charge >= 0.3 is 0 Å². The van der Waals surface area contributed by atoms with Gasteiger partial charge in [-0.2, -0.15) is 0 Å². The molecule has 1 unspecified atom stereocenters. The molecule has 1 aromatic carbocycles. The van der Waals surface area contributed by atoms with E-state index in [2.05, 4.69) is 16.2 Å². The summed E-state index contributed by atoms with van der Waals surface area (Å²) in [6.45, 7) is 5.93. The van der Waals surface area contributed by atoms with Crippen LogP contribution < -0.4 is 16.2 Å². The van der Waals surface area contributed by atoms with Gasteiger partial charge in [0.05, 0.1) is 10.7 Å². The maximum Gasteiger partial charge on any atom is 0.260 e. The third-order valence-corrected chi connectivity index (χ3v) is 4.68. The molecule has 1 aliphatic rings. The Morgan fingerprint density at radius 2 is 1.92 bits per heavy atom. The molecule has 0 spiro atoms. The fourth-order valence-electron chi connectivity index (χ4n) is 2.26. The van der Waals surface area contributed by atoms with Gasteiger partial charge in [0.15, 0.2) is 0 Å². The highest BCUT2D eigenvalue weighted by atomic mass is 35.5. The van der Waals surface area contributed by atoms with Crippen molar-refractivity contribution in [2.45, 2.75) is 46.1 Å².